The molecule has 1 rings (SSSR count). The number of unbranched alkanes of at least 4 members (excludes halogenated alkanes) is 2. The van der Waals surface area contributed by atoms with E-state index in [4.69, 9.17) is 5.73 Å². The van der Waals surface area contributed by atoms with E-state index in [0.717, 1.165) is 24.8 Å². The lowest BCUT2D eigenvalue weighted by molar-refractivity contribution is -0.121. The van der Waals surface area contributed by atoms with Gasteiger partial charge in [-0.1, -0.05) is 18.6 Å². The Kier molecular flexibility index (Phi) is 6.22. The molecule has 0 fully saturated rings. The first-order valence-corrected chi connectivity index (χ1v) is 6.42. The molecule has 0 aliphatic rings. The van der Waals surface area contributed by atoms with Gasteiger partial charge in [0.05, 0.1) is 6.04 Å². The van der Waals surface area contributed by atoms with E-state index in [9.17, 15) is 9.90 Å². The number of aromatic hydroxyl groups is 1. The highest BCUT2D eigenvalue weighted by Gasteiger charge is 2.08. The van der Waals surface area contributed by atoms with Crippen molar-refractivity contribution in [3.63, 3.8) is 0 Å². The van der Waals surface area contributed by atoms with Crippen LogP contribution in [0, 0.1) is 0 Å². The number of nitrogens with one attached hydrogen (secondary N) is 1. The largest absolute Gasteiger partial charge is 0.508 e. The van der Waals surface area contributed by atoms with Crippen LogP contribution in [0.5, 0.6) is 5.75 Å². The van der Waals surface area contributed by atoms with Crippen molar-refractivity contribution in [1.82, 2.24) is 5.32 Å². The minimum atomic E-state index is -0.0346. The fourth-order valence-electron chi connectivity index (χ4n) is 1.77. The summed E-state index contributed by atoms with van der Waals surface area (Å²) in [7, 11) is 0. The molecule has 0 aliphatic heterocycles. The van der Waals surface area contributed by atoms with Gasteiger partial charge in [0, 0.05) is 6.42 Å². The highest BCUT2D eigenvalue weighted by Crippen LogP contribution is 2.16. The molecule has 0 saturated heterocycles. The average Bonchev–Trinajstić information content (AvgIpc) is 2.35. The Hall–Kier alpha value is -1.55. The summed E-state index contributed by atoms with van der Waals surface area (Å²) in [4.78, 5) is 11.7. The Balaban J connectivity index is 2.33. The molecule has 1 aromatic carbocycles. The lowest BCUT2D eigenvalue weighted by Gasteiger charge is -2.14. The van der Waals surface area contributed by atoms with Gasteiger partial charge < -0.3 is 16.2 Å². The van der Waals surface area contributed by atoms with Crippen LogP contribution in [0.4, 0.5) is 0 Å². The zero-order valence-electron chi connectivity index (χ0n) is 10.9. The van der Waals surface area contributed by atoms with Crippen molar-refractivity contribution >= 4 is 5.91 Å². The SMILES string of the molecule is CC(NC(=O)CCCCCN)c1ccc(O)cc1. The Morgan fingerprint density at radius 1 is 1.28 bits per heavy atom. The van der Waals surface area contributed by atoms with Crippen LogP contribution in [-0.4, -0.2) is 17.6 Å². The lowest BCUT2D eigenvalue weighted by atomic mass is 10.1. The smallest absolute Gasteiger partial charge is 0.220 e. The molecule has 18 heavy (non-hydrogen) atoms. The topological polar surface area (TPSA) is 75.4 Å². The molecule has 0 aromatic heterocycles. The minimum Gasteiger partial charge on any atom is -0.508 e. The molecule has 4 nitrogen and oxygen atoms in total. The molecule has 0 heterocycles. The van der Waals surface area contributed by atoms with Crippen molar-refractivity contribution in [1.29, 1.82) is 0 Å². The Morgan fingerprint density at radius 3 is 2.56 bits per heavy atom. The number of amides is 1. The van der Waals surface area contributed by atoms with E-state index in [-0.39, 0.29) is 17.7 Å². The maximum Gasteiger partial charge on any atom is 0.220 e. The maximum absolute atomic E-state index is 11.7. The zero-order chi connectivity index (χ0) is 13.4. The summed E-state index contributed by atoms with van der Waals surface area (Å²) in [5.74, 6) is 0.298. The van der Waals surface area contributed by atoms with Gasteiger partial charge in [0.2, 0.25) is 5.91 Å². The molecule has 1 amide bonds. The standard InChI is InChI=1S/C14H22N2O2/c1-11(12-6-8-13(17)9-7-12)16-14(18)5-3-2-4-10-15/h6-9,11,17H,2-5,10,15H2,1H3,(H,16,18). The predicted octanol–water partition coefficient (Wildman–Crippen LogP) is 2.09. The van der Waals surface area contributed by atoms with Gasteiger partial charge in [0.1, 0.15) is 5.75 Å². The van der Waals surface area contributed by atoms with Gasteiger partial charge in [-0.15, -0.1) is 0 Å². The first-order valence-electron chi connectivity index (χ1n) is 6.42. The van der Waals surface area contributed by atoms with Crippen LogP contribution >= 0.6 is 0 Å². The molecule has 0 saturated carbocycles. The summed E-state index contributed by atoms with van der Waals surface area (Å²) in [6.07, 6.45) is 3.39. The van der Waals surface area contributed by atoms with Crippen molar-refractivity contribution in [2.75, 3.05) is 6.54 Å². The third-order valence-electron chi connectivity index (χ3n) is 2.88. The molecular weight excluding hydrogens is 228 g/mol. The number of phenolic OH excluding ortho intramolecular Hbond substituents is 1. The lowest BCUT2D eigenvalue weighted by Crippen LogP contribution is -2.26. The van der Waals surface area contributed by atoms with Gasteiger partial charge in [-0.05, 0) is 44.0 Å². The molecule has 1 aromatic rings. The number of phenols is 1. The van der Waals surface area contributed by atoms with Crippen LogP contribution in [0.3, 0.4) is 0 Å². The van der Waals surface area contributed by atoms with Crippen LogP contribution in [0.15, 0.2) is 24.3 Å². The summed E-state index contributed by atoms with van der Waals surface area (Å²) >= 11 is 0. The van der Waals surface area contributed by atoms with Crippen LogP contribution in [0.2, 0.25) is 0 Å². The molecular formula is C14H22N2O2. The molecule has 0 bridgehead atoms. The summed E-state index contributed by atoms with van der Waals surface area (Å²) in [5, 5.41) is 12.1. The number of hydrogen-bond acceptors (Lipinski definition) is 3. The quantitative estimate of drug-likeness (QED) is 0.649. The van der Waals surface area contributed by atoms with E-state index in [0.29, 0.717) is 13.0 Å². The molecule has 100 valence electrons. The molecule has 4 heteroatoms. The van der Waals surface area contributed by atoms with E-state index in [1.54, 1.807) is 12.1 Å². The van der Waals surface area contributed by atoms with E-state index >= 15 is 0 Å². The van der Waals surface area contributed by atoms with E-state index in [2.05, 4.69) is 5.32 Å². The number of benzene rings is 1. The first-order chi connectivity index (χ1) is 8.63. The molecule has 4 N–H and O–H groups in total. The normalized spacial score (nSPS) is 12.1. The number of nitrogens with two attached hydrogens (primary N) is 1. The van der Waals surface area contributed by atoms with Gasteiger partial charge in [-0.3, -0.25) is 4.79 Å². The van der Waals surface area contributed by atoms with Crippen LogP contribution < -0.4 is 11.1 Å². The van der Waals surface area contributed by atoms with E-state index in [1.807, 2.05) is 19.1 Å². The summed E-state index contributed by atoms with van der Waals surface area (Å²) in [5.41, 5.74) is 6.38. The number of hydrogen-bond donors (Lipinski definition) is 3. The van der Waals surface area contributed by atoms with Crippen LogP contribution in [-0.2, 0) is 4.79 Å². The van der Waals surface area contributed by atoms with Gasteiger partial charge in [-0.2, -0.15) is 0 Å². The first kappa shape index (κ1) is 14.5. The van der Waals surface area contributed by atoms with Crippen molar-refractivity contribution < 1.29 is 9.90 Å². The van der Waals surface area contributed by atoms with Gasteiger partial charge in [0.25, 0.3) is 0 Å². The summed E-state index contributed by atoms with van der Waals surface area (Å²) < 4.78 is 0. The second kappa shape index (κ2) is 7.71. The zero-order valence-corrected chi connectivity index (χ0v) is 10.9. The number of carbonyl (C=O) groups is 1. The third kappa shape index (κ3) is 5.19. The van der Waals surface area contributed by atoms with E-state index in [1.165, 1.54) is 0 Å². The highest BCUT2D eigenvalue weighted by atomic mass is 16.3. The van der Waals surface area contributed by atoms with E-state index < -0.39 is 0 Å². The van der Waals surface area contributed by atoms with Crippen molar-refractivity contribution in [3.8, 4) is 5.75 Å². The molecule has 1 atom stereocenters. The molecule has 0 aliphatic carbocycles. The second-order valence-corrected chi connectivity index (χ2v) is 4.48. The van der Waals surface area contributed by atoms with Gasteiger partial charge in [0.15, 0.2) is 0 Å². The fourth-order valence-corrected chi connectivity index (χ4v) is 1.77. The number of rotatable bonds is 7. The third-order valence-corrected chi connectivity index (χ3v) is 2.88. The van der Waals surface area contributed by atoms with Gasteiger partial charge >= 0.3 is 0 Å². The second-order valence-electron chi connectivity index (χ2n) is 4.48. The van der Waals surface area contributed by atoms with Crippen molar-refractivity contribution in [2.45, 2.75) is 38.6 Å². The Labute approximate surface area is 108 Å². The monoisotopic (exact) mass is 250 g/mol. The molecule has 0 spiro atoms. The molecule has 1 unspecified atom stereocenters. The predicted molar refractivity (Wildman–Crippen MR) is 72.2 cm³/mol. The summed E-state index contributed by atoms with van der Waals surface area (Å²) in [6.45, 7) is 2.62. The van der Waals surface area contributed by atoms with Gasteiger partial charge in [-0.25, -0.2) is 0 Å². The average molecular weight is 250 g/mol. The minimum absolute atomic E-state index is 0.0346. The Bertz CT molecular complexity index is 363. The summed E-state index contributed by atoms with van der Waals surface area (Å²) in [6, 6.07) is 6.84. The van der Waals surface area contributed by atoms with Crippen molar-refractivity contribution in [3.05, 3.63) is 29.8 Å². The maximum atomic E-state index is 11.7. The number of carbonyl (C=O) groups excluding carboxylic acids is 1. The highest BCUT2D eigenvalue weighted by molar-refractivity contribution is 5.76. The fraction of sp³-hybridized carbons (Fsp3) is 0.500. The van der Waals surface area contributed by atoms with Crippen LogP contribution in [0.1, 0.15) is 44.2 Å². The van der Waals surface area contributed by atoms with Crippen molar-refractivity contribution in [2.24, 2.45) is 5.73 Å². The molecule has 0 radical (unpaired) electrons. The Morgan fingerprint density at radius 2 is 1.94 bits per heavy atom. The van der Waals surface area contributed by atoms with Crippen LogP contribution in [0.25, 0.3) is 0 Å².